The standard InChI is InChI=1S/C23H21N/c1-19(21-13-7-3-8-14-21)24-23(22-15-9-4-10-16-22)18-17-20-11-5-2-6-12-20/h2-19H,1H3/b18-17+,24-23?/t19-/m1/s1. The van der Waals surface area contributed by atoms with E-state index in [9.17, 15) is 0 Å². The fourth-order valence-electron chi connectivity index (χ4n) is 2.58. The second kappa shape index (κ2) is 8.07. The normalized spacial score (nSPS) is 13.1. The minimum Gasteiger partial charge on any atom is -0.277 e. The van der Waals surface area contributed by atoms with Crippen molar-refractivity contribution in [1.82, 2.24) is 0 Å². The molecule has 118 valence electrons. The topological polar surface area (TPSA) is 12.4 Å². The fraction of sp³-hybridized carbons (Fsp3) is 0.0870. The quantitative estimate of drug-likeness (QED) is 0.516. The van der Waals surface area contributed by atoms with Crippen molar-refractivity contribution in [1.29, 1.82) is 0 Å². The average Bonchev–Trinajstić information content (AvgIpc) is 2.67. The van der Waals surface area contributed by atoms with Crippen LogP contribution in [0.15, 0.2) is 102 Å². The molecule has 0 aliphatic heterocycles. The molecule has 0 aliphatic carbocycles. The molecule has 0 saturated heterocycles. The lowest BCUT2D eigenvalue weighted by atomic mass is 10.1. The van der Waals surface area contributed by atoms with E-state index >= 15 is 0 Å². The van der Waals surface area contributed by atoms with Gasteiger partial charge in [-0.25, -0.2) is 0 Å². The number of nitrogens with zero attached hydrogens (tertiary/aromatic N) is 1. The van der Waals surface area contributed by atoms with Crippen LogP contribution in [0, 0.1) is 0 Å². The third-order valence-electron chi connectivity index (χ3n) is 3.92. The van der Waals surface area contributed by atoms with E-state index in [1.165, 1.54) is 11.1 Å². The number of aliphatic imine (C=N–C) groups is 1. The van der Waals surface area contributed by atoms with Crippen molar-refractivity contribution in [3.63, 3.8) is 0 Å². The molecule has 3 rings (SSSR count). The predicted molar refractivity (Wildman–Crippen MR) is 103 cm³/mol. The van der Waals surface area contributed by atoms with E-state index in [2.05, 4.69) is 67.6 Å². The zero-order valence-electron chi connectivity index (χ0n) is 13.8. The molecule has 0 unspecified atom stereocenters. The monoisotopic (exact) mass is 311 g/mol. The first-order valence-corrected chi connectivity index (χ1v) is 8.24. The van der Waals surface area contributed by atoms with Crippen molar-refractivity contribution in [2.75, 3.05) is 0 Å². The van der Waals surface area contributed by atoms with Gasteiger partial charge in [0.25, 0.3) is 0 Å². The van der Waals surface area contributed by atoms with Crippen molar-refractivity contribution in [3.8, 4) is 0 Å². The van der Waals surface area contributed by atoms with Crippen molar-refractivity contribution in [2.24, 2.45) is 4.99 Å². The Morgan fingerprint density at radius 3 is 1.92 bits per heavy atom. The number of benzene rings is 3. The minimum absolute atomic E-state index is 0.113. The molecule has 1 heteroatoms. The van der Waals surface area contributed by atoms with E-state index in [0.717, 1.165) is 11.3 Å². The Balaban J connectivity index is 1.93. The smallest absolute Gasteiger partial charge is 0.0728 e. The summed E-state index contributed by atoms with van der Waals surface area (Å²) in [5.74, 6) is 0. The molecule has 0 aromatic heterocycles. The molecule has 0 fully saturated rings. The summed E-state index contributed by atoms with van der Waals surface area (Å²) in [5, 5.41) is 0. The second-order valence-electron chi connectivity index (χ2n) is 5.71. The Hall–Kier alpha value is -2.93. The number of hydrogen-bond donors (Lipinski definition) is 0. The molecule has 0 radical (unpaired) electrons. The molecule has 1 nitrogen and oxygen atoms in total. The average molecular weight is 311 g/mol. The molecule has 0 aliphatic rings. The van der Waals surface area contributed by atoms with Gasteiger partial charge in [0.2, 0.25) is 0 Å². The van der Waals surface area contributed by atoms with Crippen LogP contribution < -0.4 is 0 Å². The van der Waals surface area contributed by atoms with Crippen LogP contribution in [-0.4, -0.2) is 5.71 Å². The lowest BCUT2D eigenvalue weighted by Crippen LogP contribution is -2.00. The van der Waals surface area contributed by atoms with Crippen LogP contribution in [0.2, 0.25) is 0 Å². The number of allylic oxidation sites excluding steroid dienone is 1. The van der Waals surface area contributed by atoms with Crippen molar-refractivity contribution in [3.05, 3.63) is 114 Å². The van der Waals surface area contributed by atoms with E-state index in [1.807, 2.05) is 42.5 Å². The molecule has 0 spiro atoms. The van der Waals surface area contributed by atoms with Gasteiger partial charge < -0.3 is 0 Å². The van der Waals surface area contributed by atoms with E-state index in [1.54, 1.807) is 0 Å². The zero-order chi connectivity index (χ0) is 16.6. The highest BCUT2D eigenvalue weighted by Crippen LogP contribution is 2.18. The van der Waals surface area contributed by atoms with Gasteiger partial charge in [0, 0.05) is 0 Å². The summed E-state index contributed by atoms with van der Waals surface area (Å²) in [6.45, 7) is 2.13. The van der Waals surface area contributed by atoms with Gasteiger partial charge in [-0.3, -0.25) is 4.99 Å². The first kappa shape index (κ1) is 15.9. The third-order valence-corrected chi connectivity index (χ3v) is 3.92. The number of hydrogen-bond acceptors (Lipinski definition) is 1. The molecule has 1 atom stereocenters. The second-order valence-corrected chi connectivity index (χ2v) is 5.71. The van der Waals surface area contributed by atoms with Crippen LogP contribution in [0.1, 0.15) is 29.7 Å². The van der Waals surface area contributed by atoms with Crippen LogP contribution in [0.4, 0.5) is 0 Å². The lowest BCUT2D eigenvalue weighted by molar-refractivity contribution is 0.822. The maximum absolute atomic E-state index is 4.96. The third kappa shape index (κ3) is 4.30. The molecule has 3 aromatic rings. The zero-order valence-corrected chi connectivity index (χ0v) is 13.8. The molecule has 0 bridgehead atoms. The predicted octanol–water partition coefficient (Wildman–Crippen LogP) is 5.95. The molecule has 24 heavy (non-hydrogen) atoms. The van der Waals surface area contributed by atoms with Crippen molar-refractivity contribution >= 4 is 11.8 Å². The Labute approximate surface area is 144 Å². The maximum atomic E-state index is 4.96. The summed E-state index contributed by atoms with van der Waals surface area (Å²) < 4.78 is 0. The summed E-state index contributed by atoms with van der Waals surface area (Å²) in [5.41, 5.74) is 4.52. The highest BCUT2D eigenvalue weighted by molar-refractivity contribution is 6.10. The Morgan fingerprint density at radius 1 is 0.750 bits per heavy atom. The first-order chi connectivity index (χ1) is 11.8. The van der Waals surface area contributed by atoms with Crippen LogP contribution in [0.25, 0.3) is 6.08 Å². The highest BCUT2D eigenvalue weighted by atomic mass is 14.8. The van der Waals surface area contributed by atoms with Crippen molar-refractivity contribution < 1.29 is 0 Å². The van der Waals surface area contributed by atoms with E-state index in [0.29, 0.717) is 0 Å². The van der Waals surface area contributed by atoms with Crippen molar-refractivity contribution in [2.45, 2.75) is 13.0 Å². The van der Waals surface area contributed by atoms with Crippen LogP contribution in [0.5, 0.6) is 0 Å². The molecular formula is C23H21N. The van der Waals surface area contributed by atoms with Gasteiger partial charge in [0.15, 0.2) is 0 Å². The number of rotatable bonds is 5. The van der Waals surface area contributed by atoms with Crippen LogP contribution in [0.3, 0.4) is 0 Å². The van der Waals surface area contributed by atoms with Gasteiger partial charge >= 0.3 is 0 Å². The van der Waals surface area contributed by atoms with Gasteiger partial charge in [-0.1, -0.05) is 97.1 Å². The minimum atomic E-state index is 0.113. The van der Waals surface area contributed by atoms with Gasteiger partial charge in [-0.2, -0.15) is 0 Å². The highest BCUT2D eigenvalue weighted by Gasteiger charge is 2.05. The molecular weight excluding hydrogens is 290 g/mol. The summed E-state index contributed by atoms with van der Waals surface area (Å²) in [4.78, 5) is 4.96. The summed E-state index contributed by atoms with van der Waals surface area (Å²) >= 11 is 0. The fourth-order valence-corrected chi connectivity index (χ4v) is 2.58. The van der Waals surface area contributed by atoms with E-state index in [4.69, 9.17) is 4.99 Å². The van der Waals surface area contributed by atoms with E-state index in [-0.39, 0.29) is 6.04 Å². The Bertz CT molecular complexity index is 802. The van der Waals surface area contributed by atoms with Gasteiger partial charge in [0.1, 0.15) is 0 Å². The molecule has 0 saturated carbocycles. The summed E-state index contributed by atoms with van der Waals surface area (Å²) in [6.07, 6.45) is 4.22. The maximum Gasteiger partial charge on any atom is 0.0728 e. The largest absolute Gasteiger partial charge is 0.277 e. The molecule has 0 amide bonds. The SMILES string of the molecule is C[C@@H](N=C(/C=C/c1ccccc1)c1ccccc1)c1ccccc1. The summed E-state index contributed by atoms with van der Waals surface area (Å²) in [6, 6.07) is 31.2. The molecule has 0 N–H and O–H groups in total. The molecule has 0 heterocycles. The van der Waals surface area contributed by atoms with Crippen LogP contribution in [-0.2, 0) is 0 Å². The summed E-state index contributed by atoms with van der Waals surface area (Å²) in [7, 11) is 0. The van der Waals surface area contributed by atoms with Gasteiger partial charge in [-0.15, -0.1) is 0 Å². The Kier molecular flexibility index (Phi) is 5.36. The lowest BCUT2D eigenvalue weighted by Gasteiger charge is -2.10. The first-order valence-electron chi connectivity index (χ1n) is 8.24. The van der Waals surface area contributed by atoms with E-state index < -0.39 is 0 Å². The van der Waals surface area contributed by atoms with Gasteiger partial charge in [-0.05, 0) is 29.7 Å². The van der Waals surface area contributed by atoms with Crippen LogP contribution >= 0.6 is 0 Å². The Morgan fingerprint density at radius 2 is 1.29 bits per heavy atom. The van der Waals surface area contributed by atoms with Gasteiger partial charge in [0.05, 0.1) is 11.8 Å². The molecule has 3 aromatic carbocycles.